The molecule has 1 saturated heterocycles. The van der Waals surface area contributed by atoms with Gasteiger partial charge in [0.25, 0.3) is 5.91 Å². The van der Waals surface area contributed by atoms with Gasteiger partial charge in [0.2, 0.25) is 0 Å². The van der Waals surface area contributed by atoms with E-state index in [9.17, 15) is 4.79 Å². The van der Waals surface area contributed by atoms with Crippen molar-refractivity contribution in [2.75, 3.05) is 4.90 Å². The number of benzene rings is 2. The zero-order chi connectivity index (χ0) is 17.3. The molecule has 1 N–H and O–H groups in total. The third-order valence-electron chi connectivity index (χ3n) is 3.98. The molecule has 3 nitrogen and oxygen atoms in total. The summed E-state index contributed by atoms with van der Waals surface area (Å²) in [5.74, 6) is -0.133. The number of thiocarbonyl (C=S) groups is 1. The number of nitrogens with one attached hydrogen (secondary N) is 1. The standard InChI is InChI=1S/C20H20N2OS/c1-20(2,3)15-11-9-14(10-12-15)13-17-18(23)22(19(24)21-17)16-7-5-4-6-8-16/h4-13H,1-3H3,(H,21,24)/b17-13-. The zero-order valence-corrected chi connectivity index (χ0v) is 14.9. The lowest BCUT2D eigenvalue weighted by atomic mass is 9.87. The van der Waals surface area contributed by atoms with E-state index in [2.05, 4.69) is 38.2 Å². The predicted octanol–water partition coefficient (Wildman–Crippen LogP) is 4.25. The van der Waals surface area contributed by atoms with E-state index in [1.54, 1.807) is 0 Å². The van der Waals surface area contributed by atoms with Crippen LogP contribution in [0.3, 0.4) is 0 Å². The topological polar surface area (TPSA) is 32.3 Å². The van der Waals surface area contributed by atoms with Crippen LogP contribution in [0.5, 0.6) is 0 Å². The Morgan fingerprint density at radius 2 is 1.62 bits per heavy atom. The highest BCUT2D eigenvalue weighted by molar-refractivity contribution is 7.80. The monoisotopic (exact) mass is 336 g/mol. The van der Waals surface area contributed by atoms with Crippen LogP contribution in [0, 0.1) is 0 Å². The molecule has 1 amide bonds. The maximum atomic E-state index is 12.7. The zero-order valence-electron chi connectivity index (χ0n) is 14.0. The lowest BCUT2D eigenvalue weighted by Gasteiger charge is -2.18. The average molecular weight is 336 g/mol. The fourth-order valence-corrected chi connectivity index (χ4v) is 2.89. The first-order valence-corrected chi connectivity index (χ1v) is 8.30. The maximum Gasteiger partial charge on any atom is 0.281 e. The van der Waals surface area contributed by atoms with Crippen LogP contribution in [0.25, 0.3) is 6.08 Å². The van der Waals surface area contributed by atoms with Gasteiger partial charge in [0.1, 0.15) is 5.70 Å². The molecular weight excluding hydrogens is 316 g/mol. The summed E-state index contributed by atoms with van der Waals surface area (Å²) in [4.78, 5) is 14.2. The van der Waals surface area contributed by atoms with Crippen molar-refractivity contribution in [3.05, 3.63) is 71.4 Å². The molecule has 24 heavy (non-hydrogen) atoms. The maximum absolute atomic E-state index is 12.7. The van der Waals surface area contributed by atoms with Gasteiger partial charge in [-0.3, -0.25) is 9.69 Å². The van der Waals surface area contributed by atoms with E-state index in [0.29, 0.717) is 10.8 Å². The van der Waals surface area contributed by atoms with Crippen LogP contribution in [0.15, 0.2) is 60.3 Å². The van der Waals surface area contributed by atoms with Crippen molar-refractivity contribution in [3.63, 3.8) is 0 Å². The highest BCUT2D eigenvalue weighted by Gasteiger charge is 2.31. The molecule has 4 heteroatoms. The highest BCUT2D eigenvalue weighted by Crippen LogP contribution is 2.24. The van der Waals surface area contributed by atoms with Gasteiger partial charge in [-0.05, 0) is 47.0 Å². The molecule has 2 aromatic carbocycles. The van der Waals surface area contributed by atoms with E-state index in [-0.39, 0.29) is 11.3 Å². The van der Waals surface area contributed by atoms with Crippen LogP contribution in [-0.2, 0) is 10.2 Å². The Labute approximate surface area is 148 Å². The summed E-state index contributed by atoms with van der Waals surface area (Å²) in [7, 11) is 0. The van der Waals surface area contributed by atoms with Gasteiger partial charge in [0, 0.05) is 0 Å². The van der Waals surface area contributed by atoms with Crippen molar-refractivity contribution < 1.29 is 4.79 Å². The van der Waals surface area contributed by atoms with Crippen molar-refractivity contribution in [2.24, 2.45) is 0 Å². The summed E-state index contributed by atoms with van der Waals surface area (Å²) in [6.07, 6.45) is 1.84. The Morgan fingerprint density at radius 3 is 2.21 bits per heavy atom. The van der Waals surface area contributed by atoms with Gasteiger partial charge in [-0.15, -0.1) is 0 Å². The molecule has 1 aliphatic rings. The fourth-order valence-electron chi connectivity index (χ4n) is 2.59. The minimum atomic E-state index is -0.133. The van der Waals surface area contributed by atoms with Crippen molar-refractivity contribution >= 4 is 35.0 Å². The third-order valence-corrected chi connectivity index (χ3v) is 4.26. The van der Waals surface area contributed by atoms with Gasteiger partial charge < -0.3 is 5.32 Å². The Bertz CT molecular complexity index is 802. The molecule has 2 aromatic rings. The molecule has 0 spiro atoms. The Hall–Kier alpha value is -2.46. The van der Waals surface area contributed by atoms with Crippen LogP contribution in [0.2, 0.25) is 0 Å². The first-order chi connectivity index (χ1) is 11.4. The van der Waals surface area contributed by atoms with E-state index in [0.717, 1.165) is 11.3 Å². The van der Waals surface area contributed by atoms with Gasteiger partial charge in [-0.1, -0.05) is 63.2 Å². The molecule has 0 aliphatic carbocycles. The van der Waals surface area contributed by atoms with E-state index < -0.39 is 0 Å². The largest absolute Gasteiger partial charge is 0.327 e. The van der Waals surface area contributed by atoms with Gasteiger partial charge in [-0.25, -0.2) is 0 Å². The number of hydrogen-bond donors (Lipinski definition) is 1. The van der Waals surface area contributed by atoms with Crippen LogP contribution in [0.4, 0.5) is 5.69 Å². The summed E-state index contributed by atoms with van der Waals surface area (Å²) in [5, 5.41) is 3.42. The highest BCUT2D eigenvalue weighted by atomic mass is 32.1. The predicted molar refractivity (Wildman–Crippen MR) is 103 cm³/mol. The first kappa shape index (κ1) is 16.4. The Morgan fingerprint density at radius 1 is 1.00 bits per heavy atom. The lowest BCUT2D eigenvalue weighted by molar-refractivity contribution is -0.113. The summed E-state index contributed by atoms with van der Waals surface area (Å²) in [6, 6.07) is 17.7. The van der Waals surface area contributed by atoms with E-state index >= 15 is 0 Å². The normalized spacial score (nSPS) is 16.6. The van der Waals surface area contributed by atoms with Crippen molar-refractivity contribution in [1.29, 1.82) is 0 Å². The molecule has 1 aliphatic heterocycles. The number of amides is 1. The van der Waals surface area contributed by atoms with E-state index in [1.807, 2.05) is 48.5 Å². The molecule has 0 bridgehead atoms. The quantitative estimate of drug-likeness (QED) is 0.657. The second-order valence-electron chi connectivity index (χ2n) is 6.84. The fraction of sp³-hybridized carbons (Fsp3) is 0.200. The molecule has 1 heterocycles. The molecule has 1 fully saturated rings. The Kier molecular flexibility index (Phi) is 4.24. The number of rotatable bonds is 2. The van der Waals surface area contributed by atoms with Crippen LogP contribution < -0.4 is 10.2 Å². The van der Waals surface area contributed by atoms with Gasteiger partial charge in [0.15, 0.2) is 5.11 Å². The molecular formula is C20H20N2OS. The second-order valence-corrected chi connectivity index (χ2v) is 7.22. The number of carbonyl (C=O) groups excluding carboxylic acids is 1. The van der Waals surface area contributed by atoms with Crippen LogP contribution >= 0.6 is 12.2 Å². The summed E-state index contributed by atoms with van der Waals surface area (Å²) < 4.78 is 0. The molecule has 122 valence electrons. The molecule has 0 unspecified atom stereocenters. The molecule has 0 atom stereocenters. The second kappa shape index (κ2) is 6.21. The molecule has 0 saturated carbocycles. The minimum Gasteiger partial charge on any atom is -0.327 e. The molecule has 0 aromatic heterocycles. The molecule has 3 rings (SSSR count). The molecule has 0 radical (unpaired) electrons. The summed E-state index contributed by atoms with van der Waals surface area (Å²) >= 11 is 5.32. The summed E-state index contributed by atoms with van der Waals surface area (Å²) in [6.45, 7) is 6.54. The third kappa shape index (κ3) is 3.24. The number of carbonyl (C=O) groups is 1. The number of anilines is 1. The number of nitrogens with zero attached hydrogens (tertiary/aromatic N) is 1. The Balaban J connectivity index is 1.87. The smallest absolute Gasteiger partial charge is 0.281 e. The van der Waals surface area contributed by atoms with E-state index in [1.165, 1.54) is 10.5 Å². The van der Waals surface area contributed by atoms with Crippen LogP contribution in [0.1, 0.15) is 31.9 Å². The number of para-hydroxylation sites is 1. The first-order valence-electron chi connectivity index (χ1n) is 7.89. The average Bonchev–Trinajstić information content (AvgIpc) is 2.82. The van der Waals surface area contributed by atoms with Gasteiger partial charge >= 0.3 is 0 Å². The van der Waals surface area contributed by atoms with Gasteiger partial charge in [-0.2, -0.15) is 0 Å². The van der Waals surface area contributed by atoms with Crippen molar-refractivity contribution in [3.8, 4) is 0 Å². The lowest BCUT2D eigenvalue weighted by Crippen LogP contribution is -2.30. The van der Waals surface area contributed by atoms with Crippen LogP contribution in [-0.4, -0.2) is 11.0 Å². The van der Waals surface area contributed by atoms with Gasteiger partial charge in [0.05, 0.1) is 5.69 Å². The SMILES string of the molecule is CC(C)(C)c1ccc(/C=C2\NC(=S)N(c3ccccc3)C2=O)cc1. The summed E-state index contributed by atoms with van der Waals surface area (Å²) in [5.41, 5.74) is 3.60. The van der Waals surface area contributed by atoms with Crippen molar-refractivity contribution in [2.45, 2.75) is 26.2 Å². The van der Waals surface area contributed by atoms with Crippen molar-refractivity contribution in [1.82, 2.24) is 5.32 Å². The number of hydrogen-bond acceptors (Lipinski definition) is 2. The minimum absolute atomic E-state index is 0.110. The van der Waals surface area contributed by atoms with E-state index in [4.69, 9.17) is 12.2 Å².